The number of benzene rings is 1. The van der Waals surface area contributed by atoms with Gasteiger partial charge in [-0.15, -0.1) is 11.8 Å². The molecule has 0 unspecified atom stereocenters. The summed E-state index contributed by atoms with van der Waals surface area (Å²) in [5.41, 5.74) is 0.934. The molecule has 4 fully saturated rings. The predicted molar refractivity (Wildman–Crippen MR) is 126 cm³/mol. The number of rotatable bonds is 8. The third-order valence-corrected chi connectivity index (χ3v) is 8.21. The maximum absolute atomic E-state index is 12.9. The first kappa shape index (κ1) is 23.0. The van der Waals surface area contributed by atoms with Crippen LogP contribution in [-0.4, -0.2) is 40.8 Å². The van der Waals surface area contributed by atoms with Gasteiger partial charge < -0.3 is 14.6 Å². The third kappa shape index (κ3) is 5.14. The smallest absolute Gasteiger partial charge is 0.339 e. The number of esters is 1. The van der Waals surface area contributed by atoms with Gasteiger partial charge in [-0.05, 0) is 75.3 Å². The Morgan fingerprint density at radius 1 is 1.09 bits per heavy atom. The van der Waals surface area contributed by atoms with Crippen molar-refractivity contribution in [3.63, 3.8) is 0 Å². The standard InChI is InChI=1S/C25H29N3O5S/c1-15-6-23(33-28-15)26-21(29)13-32-24(31)19-4-2-3-5-20(19)34-14-22(30)27-25-10-16-7-17(11-25)9-18(8-16)12-25/h2-6,16-18H,7-14H2,1H3,(H,26,29)(H,27,30). The molecule has 6 rings (SSSR count). The Labute approximate surface area is 202 Å². The summed E-state index contributed by atoms with van der Waals surface area (Å²) < 4.78 is 10.1. The van der Waals surface area contributed by atoms with Crippen molar-refractivity contribution in [2.45, 2.75) is 55.9 Å². The number of carbonyl (C=O) groups is 3. The molecule has 4 aliphatic carbocycles. The summed E-state index contributed by atoms with van der Waals surface area (Å²) in [5.74, 6) is 1.59. The molecular weight excluding hydrogens is 454 g/mol. The fourth-order valence-corrected chi connectivity index (χ4v) is 7.15. The normalized spacial score (nSPS) is 26.8. The van der Waals surface area contributed by atoms with Gasteiger partial charge in [0.1, 0.15) is 0 Å². The van der Waals surface area contributed by atoms with Crippen LogP contribution in [0.2, 0.25) is 0 Å². The fourth-order valence-electron chi connectivity index (χ4n) is 6.30. The summed E-state index contributed by atoms with van der Waals surface area (Å²) in [4.78, 5) is 38.2. The van der Waals surface area contributed by atoms with Crippen molar-refractivity contribution < 1.29 is 23.6 Å². The highest BCUT2D eigenvalue weighted by atomic mass is 32.2. The molecular formula is C25H29N3O5S. The summed E-state index contributed by atoms with van der Waals surface area (Å²) in [7, 11) is 0. The lowest BCUT2D eigenvalue weighted by molar-refractivity contribution is -0.124. The molecule has 34 heavy (non-hydrogen) atoms. The average molecular weight is 484 g/mol. The Hall–Kier alpha value is -2.81. The van der Waals surface area contributed by atoms with Gasteiger partial charge in [0, 0.05) is 16.5 Å². The van der Waals surface area contributed by atoms with Crippen molar-refractivity contribution in [3.05, 3.63) is 41.6 Å². The number of thioether (sulfide) groups is 1. The topological polar surface area (TPSA) is 111 Å². The summed E-state index contributed by atoms with van der Waals surface area (Å²) in [6.45, 7) is 1.28. The molecule has 2 N–H and O–H groups in total. The molecule has 1 heterocycles. The van der Waals surface area contributed by atoms with Crippen molar-refractivity contribution in [2.75, 3.05) is 17.7 Å². The number of aryl methyl sites for hydroxylation is 1. The molecule has 4 bridgehead atoms. The van der Waals surface area contributed by atoms with Crippen LogP contribution in [0.1, 0.15) is 54.6 Å². The second kappa shape index (κ2) is 9.44. The number of aromatic nitrogens is 1. The second-order valence-corrected chi connectivity index (χ2v) is 11.0. The van der Waals surface area contributed by atoms with E-state index in [1.54, 1.807) is 31.2 Å². The molecule has 8 nitrogen and oxygen atoms in total. The van der Waals surface area contributed by atoms with E-state index in [-0.39, 0.29) is 23.1 Å². The van der Waals surface area contributed by atoms with Gasteiger partial charge in [-0.3, -0.25) is 14.9 Å². The van der Waals surface area contributed by atoms with E-state index in [1.165, 1.54) is 31.0 Å². The zero-order valence-corrected chi connectivity index (χ0v) is 20.0. The predicted octanol–water partition coefficient (Wildman–Crippen LogP) is 3.96. The minimum Gasteiger partial charge on any atom is -0.452 e. The first-order chi connectivity index (χ1) is 16.4. The van der Waals surface area contributed by atoms with Crippen molar-refractivity contribution >= 4 is 35.4 Å². The monoisotopic (exact) mass is 483 g/mol. The molecule has 1 aromatic heterocycles. The molecule has 9 heteroatoms. The van der Waals surface area contributed by atoms with Gasteiger partial charge in [-0.25, -0.2) is 4.79 Å². The lowest BCUT2D eigenvalue weighted by atomic mass is 9.53. The third-order valence-electron chi connectivity index (χ3n) is 7.13. The zero-order chi connectivity index (χ0) is 23.7. The summed E-state index contributed by atoms with van der Waals surface area (Å²) in [6, 6.07) is 8.54. The molecule has 2 amide bonds. The number of nitrogens with zero attached hydrogens (tertiary/aromatic N) is 1. The Kier molecular flexibility index (Phi) is 6.38. The highest BCUT2D eigenvalue weighted by molar-refractivity contribution is 8.00. The number of ether oxygens (including phenoxy) is 1. The van der Waals surface area contributed by atoms with Gasteiger partial charge in [0.05, 0.1) is 17.0 Å². The fraction of sp³-hybridized carbons (Fsp3) is 0.520. The van der Waals surface area contributed by atoms with Crippen LogP contribution in [0, 0.1) is 24.7 Å². The Morgan fingerprint density at radius 3 is 2.41 bits per heavy atom. The largest absolute Gasteiger partial charge is 0.452 e. The van der Waals surface area contributed by atoms with E-state index in [1.807, 2.05) is 6.07 Å². The van der Waals surface area contributed by atoms with Crippen molar-refractivity contribution in [3.8, 4) is 0 Å². The minimum atomic E-state index is -0.617. The van der Waals surface area contributed by atoms with E-state index in [2.05, 4.69) is 15.8 Å². The van der Waals surface area contributed by atoms with Crippen molar-refractivity contribution in [1.82, 2.24) is 10.5 Å². The van der Waals surface area contributed by atoms with E-state index in [4.69, 9.17) is 9.26 Å². The van der Waals surface area contributed by atoms with Crippen LogP contribution < -0.4 is 10.6 Å². The van der Waals surface area contributed by atoms with Gasteiger partial charge >= 0.3 is 5.97 Å². The number of nitrogens with one attached hydrogen (secondary N) is 2. The SMILES string of the molecule is Cc1cc(NC(=O)COC(=O)c2ccccc2SCC(=O)NC23CC4CC(CC(C4)C2)C3)on1. The number of hydrogen-bond donors (Lipinski definition) is 2. The van der Waals surface area contributed by atoms with E-state index >= 15 is 0 Å². The maximum Gasteiger partial charge on any atom is 0.339 e. The Bertz CT molecular complexity index is 1060. The van der Waals surface area contributed by atoms with Crippen LogP contribution in [0.25, 0.3) is 0 Å². The first-order valence-electron chi connectivity index (χ1n) is 11.8. The molecule has 0 radical (unpaired) electrons. The minimum absolute atomic E-state index is 0.0110. The van der Waals surface area contributed by atoms with Gasteiger partial charge in [-0.2, -0.15) is 0 Å². The highest BCUT2D eigenvalue weighted by Gasteiger charge is 2.51. The molecule has 4 saturated carbocycles. The zero-order valence-electron chi connectivity index (χ0n) is 19.2. The average Bonchev–Trinajstić information content (AvgIpc) is 3.19. The quantitative estimate of drug-likeness (QED) is 0.432. The van der Waals surface area contributed by atoms with Crippen LogP contribution >= 0.6 is 11.8 Å². The lowest BCUT2D eigenvalue weighted by Gasteiger charge is -2.56. The Morgan fingerprint density at radius 2 is 1.76 bits per heavy atom. The highest BCUT2D eigenvalue weighted by Crippen LogP contribution is 2.55. The molecule has 0 saturated heterocycles. The lowest BCUT2D eigenvalue weighted by Crippen LogP contribution is -2.60. The molecule has 4 aliphatic rings. The molecule has 180 valence electrons. The number of amides is 2. The van der Waals surface area contributed by atoms with Crippen LogP contribution in [0.4, 0.5) is 5.88 Å². The van der Waals surface area contributed by atoms with Crippen molar-refractivity contribution in [1.29, 1.82) is 0 Å². The molecule has 2 aromatic rings. The van der Waals surface area contributed by atoms with E-state index in [0.29, 0.717) is 16.2 Å². The van der Waals surface area contributed by atoms with Gasteiger partial charge in [-0.1, -0.05) is 17.3 Å². The summed E-state index contributed by atoms with van der Waals surface area (Å²) >= 11 is 1.32. The van der Waals surface area contributed by atoms with Crippen LogP contribution in [0.3, 0.4) is 0 Å². The van der Waals surface area contributed by atoms with Gasteiger partial charge in [0.15, 0.2) is 6.61 Å². The van der Waals surface area contributed by atoms with Crippen LogP contribution in [-0.2, 0) is 14.3 Å². The van der Waals surface area contributed by atoms with E-state index < -0.39 is 18.5 Å². The van der Waals surface area contributed by atoms with E-state index in [9.17, 15) is 14.4 Å². The van der Waals surface area contributed by atoms with Gasteiger partial charge in [0.25, 0.3) is 5.91 Å². The van der Waals surface area contributed by atoms with Crippen molar-refractivity contribution in [2.24, 2.45) is 17.8 Å². The summed E-state index contributed by atoms with van der Waals surface area (Å²) in [6.07, 6.45) is 7.30. The summed E-state index contributed by atoms with van der Waals surface area (Å²) in [5, 5.41) is 9.53. The Balaban J connectivity index is 1.14. The van der Waals surface area contributed by atoms with Gasteiger partial charge in [0.2, 0.25) is 11.8 Å². The second-order valence-electron chi connectivity index (χ2n) is 9.99. The van der Waals surface area contributed by atoms with Crippen LogP contribution in [0.15, 0.2) is 39.8 Å². The van der Waals surface area contributed by atoms with Crippen LogP contribution in [0.5, 0.6) is 0 Å². The number of anilines is 1. The maximum atomic E-state index is 12.9. The molecule has 0 atom stereocenters. The number of hydrogen-bond acceptors (Lipinski definition) is 7. The molecule has 0 spiro atoms. The number of carbonyl (C=O) groups excluding carboxylic acids is 3. The molecule has 1 aromatic carbocycles. The molecule has 0 aliphatic heterocycles. The first-order valence-corrected chi connectivity index (χ1v) is 12.8. The van der Waals surface area contributed by atoms with E-state index in [0.717, 1.165) is 37.0 Å².